The van der Waals surface area contributed by atoms with Crippen LogP contribution in [-0.2, 0) is 32.0 Å². The van der Waals surface area contributed by atoms with Gasteiger partial charge in [0.2, 0.25) is 17.7 Å². The van der Waals surface area contributed by atoms with E-state index in [1.807, 2.05) is 0 Å². The van der Waals surface area contributed by atoms with E-state index in [-0.39, 0.29) is 38.0 Å². The highest BCUT2D eigenvalue weighted by atomic mass is 16.4. The van der Waals surface area contributed by atoms with Crippen molar-refractivity contribution < 1.29 is 39.3 Å². The summed E-state index contributed by atoms with van der Waals surface area (Å²) in [6.07, 6.45) is 3.25. The number of amides is 5. The number of hydrogen-bond acceptors (Lipinski definition) is 9. The second kappa shape index (κ2) is 16.4. The molecule has 2 rings (SSSR count). The standard InChI is InChI=1S/C26H35N7O8/c27-18(11-16-3-1-9-29-13-16)22(36)33-21(14-34)24(38)32-20(12-15-5-7-17(35)8-6-15)23(37)31-19(25(39)40)4-2-10-30-26(28)41/h1,3,5-9,13,18-21,34-35H,2,4,10-12,14,27H2,(H,31,37)(H,32,38)(H,33,36)(H,39,40)(H3,28,30,41)/t18-,19+,20-,21-/m0/s1. The fourth-order valence-corrected chi connectivity index (χ4v) is 3.74. The minimum Gasteiger partial charge on any atom is -0.508 e. The van der Waals surface area contributed by atoms with E-state index in [9.17, 15) is 39.3 Å². The Bertz CT molecular complexity index is 1180. The maximum absolute atomic E-state index is 13.1. The molecule has 41 heavy (non-hydrogen) atoms. The Morgan fingerprint density at radius 3 is 2.07 bits per heavy atom. The Morgan fingerprint density at radius 2 is 1.49 bits per heavy atom. The molecule has 0 bridgehead atoms. The lowest BCUT2D eigenvalue weighted by Gasteiger charge is -2.24. The molecule has 0 saturated carbocycles. The number of aromatic hydroxyl groups is 1. The Kier molecular flexibility index (Phi) is 13.0. The SMILES string of the molecule is NC(=O)NCCC[C@@H](NC(=O)[C@H](Cc1ccc(O)cc1)NC(=O)[C@H](CO)NC(=O)[C@@H](N)Cc1cccnc1)C(=O)O. The summed E-state index contributed by atoms with van der Waals surface area (Å²) in [5.41, 5.74) is 12.1. The number of aliphatic hydroxyl groups excluding tert-OH is 1. The molecule has 1 heterocycles. The van der Waals surface area contributed by atoms with Gasteiger partial charge in [0.05, 0.1) is 12.6 Å². The average molecular weight is 574 g/mol. The van der Waals surface area contributed by atoms with Crippen LogP contribution in [-0.4, -0.2) is 87.3 Å². The van der Waals surface area contributed by atoms with Gasteiger partial charge in [0.15, 0.2) is 0 Å². The van der Waals surface area contributed by atoms with Gasteiger partial charge in [0, 0.05) is 25.4 Å². The number of nitrogens with two attached hydrogens (primary N) is 2. The van der Waals surface area contributed by atoms with Gasteiger partial charge in [-0.25, -0.2) is 9.59 Å². The van der Waals surface area contributed by atoms with Gasteiger partial charge in [-0.05, 0) is 48.6 Å². The van der Waals surface area contributed by atoms with E-state index in [2.05, 4.69) is 26.3 Å². The smallest absolute Gasteiger partial charge is 0.326 e. The van der Waals surface area contributed by atoms with Crippen LogP contribution in [0, 0.1) is 0 Å². The molecule has 0 aliphatic heterocycles. The Morgan fingerprint density at radius 1 is 0.854 bits per heavy atom. The number of carbonyl (C=O) groups excluding carboxylic acids is 4. The van der Waals surface area contributed by atoms with Gasteiger partial charge >= 0.3 is 12.0 Å². The molecule has 0 unspecified atom stereocenters. The normalized spacial score (nSPS) is 13.6. The van der Waals surface area contributed by atoms with Crippen molar-refractivity contribution in [1.29, 1.82) is 0 Å². The van der Waals surface area contributed by atoms with Crippen LogP contribution in [0.5, 0.6) is 5.75 Å². The summed E-state index contributed by atoms with van der Waals surface area (Å²) < 4.78 is 0. The highest BCUT2D eigenvalue weighted by Crippen LogP contribution is 2.12. The number of phenolic OH excluding ortho intramolecular Hbond substituents is 1. The van der Waals surface area contributed by atoms with Crippen molar-refractivity contribution in [2.75, 3.05) is 13.2 Å². The quantitative estimate of drug-likeness (QED) is 0.0986. The summed E-state index contributed by atoms with van der Waals surface area (Å²) in [7, 11) is 0. The first-order valence-electron chi connectivity index (χ1n) is 12.7. The fourth-order valence-electron chi connectivity index (χ4n) is 3.74. The molecule has 0 aliphatic rings. The number of benzene rings is 1. The molecule has 5 amide bonds. The van der Waals surface area contributed by atoms with E-state index in [1.165, 1.54) is 30.5 Å². The summed E-state index contributed by atoms with van der Waals surface area (Å²) in [5.74, 6) is -3.85. The molecule has 0 saturated heterocycles. The number of hydrogen-bond donors (Lipinski definition) is 9. The van der Waals surface area contributed by atoms with Crippen molar-refractivity contribution in [2.24, 2.45) is 11.5 Å². The summed E-state index contributed by atoms with van der Waals surface area (Å²) in [6, 6.07) is 3.19. The molecular weight excluding hydrogens is 538 g/mol. The third kappa shape index (κ3) is 11.5. The Balaban J connectivity index is 2.12. The summed E-state index contributed by atoms with van der Waals surface area (Å²) >= 11 is 0. The third-order valence-corrected chi connectivity index (χ3v) is 5.92. The molecule has 15 heteroatoms. The Hall–Kier alpha value is -4.76. The van der Waals surface area contributed by atoms with E-state index in [4.69, 9.17) is 11.5 Å². The number of carbonyl (C=O) groups is 5. The van der Waals surface area contributed by atoms with Gasteiger partial charge < -0.3 is 48.1 Å². The monoisotopic (exact) mass is 573 g/mol. The number of nitrogens with zero attached hydrogens (tertiary/aromatic N) is 1. The summed E-state index contributed by atoms with van der Waals surface area (Å²) in [4.78, 5) is 65.3. The molecule has 2 aromatic rings. The number of aliphatic carboxylic acids is 1. The maximum Gasteiger partial charge on any atom is 0.326 e. The third-order valence-electron chi connectivity index (χ3n) is 5.92. The van der Waals surface area contributed by atoms with Crippen molar-refractivity contribution in [3.63, 3.8) is 0 Å². The maximum atomic E-state index is 13.1. The number of urea groups is 1. The first-order valence-corrected chi connectivity index (χ1v) is 12.7. The topological polar surface area (TPSA) is 259 Å². The number of phenols is 1. The average Bonchev–Trinajstić information content (AvgIpc) is 2.94. The molecule has 222 valence electrons. The van der Waals surface area contributed by atoms with Crippen molar-refractivity contribution in [1.82, 2.24) is 26.3 Å². The second-order valence-corrected chi connectivity index (χ2v) is 9.18. The lowest BCUT2D eigenvalue weighted by Crippen LogP contribution is -2.58. The summed E-state index contributed by atoms with van der Waals surface area (Å²) in [5, 5.41) is 38.4. The zero-order valence-corrected chi connectivity index (χ0v) is 22.2. The van der Waals surface area contributed by atoms with Crippen LogP contribution < -0.4 is 32.7 Å². The predicted octanol–water partition coefficient (Wildman–Crippen LogP) is -2.12. The predicted molar refractivity (Wildman–Crippen MR) is 145 cm³/mol. The van der Waals surface area contributed by atoms with Gasteiger partial charge in [-0.3, -0.25) is 19.4 Å². The van der Waals surface area contributed by atoms with Crippen LogP contribution >= 0.6 is 0 Å². The first kappa shape index (κ1) is 32.5. The van der Waals surface area contributed by atoms with Crippen LogP contribution in [0.1, 0.15) is 24.0 Å². The van der Waals surface area contributed by atoms with Crippen LogP contribution in [0.15, 0.2) is 48.8 Å². The molecule has 0 radical (unpaired) electrons. The van der Waals surface area contributed by atoms with Gasteiger partial charge in [-0.2, -0.15) is 0 Å². The highest BCUT2D eigenvalue weighted by Gasteiger charge is 2.30. The van der Waals surface area contributed by atoms with Crippen molar-refractivity contribution in [2.45, 2.75) is 49.9 Å². The van der Waals surface area contributed by atoms with Crippen molar-refractivity contribution in [3.05, 3.63) is 59.9 Å². The number of aromatic nitrogens is 1. The van der Waals surface area contributed by atoms with Crippen molar-refractivity contribution in [3.8, 4) is 5.75 Å². The van der Waals surface area contributed by atoms with E-state index >= 15 is 0 Å². The minimum absolute atomic E-state index is 0.0278. The lowest BCUT2D eigenvalue weighted by molar-refractivity contribution is -0.142. The largest absolute Gasteiger partial charge is 0.508 e. The number of aliphatic hydroxyl groups is 1. The molecule has 1 aromatic carbocycles. The number of pyridine rings is 1. The molecule has 11 N–H and O–H groups in total. The van der Waals surface area contributed by atoms with Gasteiger partial charge in [-0.1, -0.05) is 18.2 Å². The molecule has 0 spiro atoms. The number of nitrogens with one attached hydrogen (secondary N) is 4. The number of rotatable bonds is 16. The first-order chi connectivity index (χ1) is 19.5. The molecule has 1 aromatic heterocycles. The number of primary amides is 1. The number of carboxylic acids is 1. The molecular formula is C26H35N7O8. The van der Waals surface area contributed by atoms with Gasteiger partial charge in [0.1, 0.15) is 23.9 Å². The van der Waals surface area contributed by atoms with E-state index < -0.39 is 60.5 Å². The summed E-state index contributed by atoms with van der Waals surface area (Å²) in [6.45, 7) is -0.723. The molecule has 0 fully saturated rings. The van der Waals surface area contributed by atoms with Crippen LogP contribution in [0.25, 0.3) is 0 Å². The van der Waals surface area contributed by atoms with Crippen LogP contribution in [0.3, 0.4) is 0 Å². The van der Waals surface area contributed by atoms with Gasteiger partial charge in [-0.15, -0.1) is 0 Å². The number of carboxylic acid groups (broad SMARTS) is 1. The molecule has 15 nitrogen and oxygen atoms in total. The van der Waals surface area contributed by atoms with E-state index in [1.54, 1.807) is 18.3 Å². The van der Waals surface area contributed by atoms with Crippen molar-refractivity contribution >= 4 is 29.7 Å². The van der Waals surface area contributed by atoms with Crippen LogP contribution in [0.4, 0.5) is 4.79 Å². The van der Waals surface area contributed by atoms with E-state index in [0.717, 1.165) is 0 Å². The second-order valence-electron chi connectivity index (χ2n) is 9.18. The zero-order valence-electron chi connectivity index (χ0n) is 22.2. The zero-order chi connectivity index (χ0) is 30.4. The molecule has 4 atom stereocenters. The van der Waals surface area contributed by atoms with Gasteiger partial charge in [0.25, 0.3) is 0 Å². The fraction of sp³-hybridized carbons (Fsp3) is 0.385. The van der Waals surface area contributed by atoms with E-state index in [0.29, 0.717) is 11.1 Å². The van der Waals surface area contributed by atoms with Crippen LogP contribution in [0.2, 0.25) is 0 Å². The highest BCUT2D eigenvalue weighted by molar-refractivity contribution is 5.94. The Labute approximate surface area is 235 Å². The minimum atomic E-state index is -1.47. The molecule has 0 aliphatic carbocycles. The lowest BCUT2D eigenvalue weighted by atomic mass is 10.0.